The molecule has 110 valence electrons. The molecule has 2 aromatic rings. The van der Waals surface area contributed by atoms with E-state index in [9.17, 15) is 4.79 Å². The molecule has 1 heterocycles. The second-order valence-corrected chi connectivity index (χ2v) is 6.46. The average Bonchev–Trinajstić information content (AvgIpc) is 3.20. The Bertz CT molecular complexity index is 714. The minimum absolute atomic E-state index is 0.206. The summed E-state index contributed by atoms with van der Waals surface area (Å²) in [5.74, 6) is 0.206. The van der Waals surface area contributed by atoms with Crippen LogP contribution in [0.3, 0.4) is 0 Å². The van der Waals surface area contributed by atoms with E-state index in [2.05, 4.69) is 15.3 Å². The van der Waals surface area contributed by atoms with Gasteiger partial charge in [0.2, 0.25) is 0 Å². The number of anilines is 1. The molecule has 0 amide bonds. The van der Waals surface area contributed by atoms with Crippen LogP contribution in [0.4, 0.5) is 5.82 Å². The zero-order chi connectivity index (χ0) is 14.8. The van der Waals surface area contributed by atoms with Crippen LogP contribution in [-0.2, 0) is 6.54 Å². The molecule has 4 N–H and O–H groups in total. The van der Waals surface area contributed by atoms with Gasteiger partial charge in [-0.25, -0.2) is 4.98 Å². The molecule has 0 bridgehead atoms. The molecule has 5 nitrogen and oxygen atoms in total. The molecule has 0 radical (unpaired) electrons. The zero-order valence-corrected chi connectivity index (χ0v) is 12.8. The molecule has 1 aliphatic carbocycles. The molecule has 1 aromatic carbocycles. The highest BCUT2D eigenvalue weighted by molar-refractivity contribution is 7.99. The molecule has 0 spiro atoms. The summed E-state index contributed by atoms with van der Waals surface area (Å²) < 4.78 is 0. The van der Waals surface area contributed by atoms with E-state index in [0.717, 1.165) is 17.0 Å². The number of benzene rings is 1. The van der Waals surface area contributed by atoms with Gasteiger partial charge in [0, 0.05) is 28.6 Å². The van der Waals surface area contributed by atoms with E-state index in [0.29, 0.717) is 16.2 Å². The van der Waals surface area contributed by atoms with Crippen molar-refractivity contribution in [2.45, 2.75) is 35.5 Å². The summed E-state index contributed by atoms with van der Waals surface area (Å²) in [6.45, 7) is 0.780. The molecule has 1 saturated carbocycles. The van der Waals surface area contributed by atoms with Gasteiger partial charge in [0.25, 0.3) is 5.56 Å². The lowest BCUT2D eigenvalue weighted by atomic mass is 10.2. The van der Waals surface area contributed by atoms with Crippen molar-refractivity contribution in [2.24, 2.45) is 0 Å². The predicted molar refractivity (Wildman–Crippen MR) is 84.7 cm³/mol. The summed E-state index contributed by atoms with van der Waals surface area (Å²) in [7, 11) is 0. The lowest BCUT2D eigenvalue weighted by Gasteiger charge is -2.08. The molecule has 1 aliphatic rings. The Morgan fingerprint density at radius 1 is 1.43 bits per heavy atom. The SMILES string of the molecule is Nc1cc(=O)[nH]c(Sc2ccc(CNC3CC3)c(Cl)c2)n1. The maximum absolute atomic E-state index is 11.4. The Kier molecular flexibility index (Phi) is 4.19. The van der Waals surface area contributed by atoms with E-state index in [1.165, 1.54) is 30.7 Å². The van der Waals surface area contributed by atoms with Gasteiger partial charge >= 0.3 is 0 Å². The number of aromatic nitrogens is 2. The number of hydrogen-bond acceptors (Lipinski definition) is 5. The number of H-pyrrole nitrogens is 1. The van der Waals surface area contributed by atoms with Crippen molar-refractivity contribution in [1.29, 1.82) is 0 Å². The quantitative estimate of drug-likeness (QED) is 0.736. The van der Waals surface area contributed by atoms with Gasteiger partial charge in [-0.15, -0.1) is 0 Å². The molecule has 21 heavy (non-hydrogen) atoms. The number of halogens is 1. The molecule has 0 saturated heterocycles. The first-order valence-electron chi connectivity index (χ1n) is 6.66. The van der Waals surface area contributed by atoms with Gasteiger partial charge in [-0.05, 0) is 30.5 Å². The summed E-state index contributed by atoms with van der Waals surface area (Å²) >= 11 is 7.62. The second-order valence-electron chi connectivity index (χ2n) is 4.99. The van der Waals surface area contributed by atoms with E-state index >= 15 is 0 Å². The zero-order valence-electron chi connectivity index (χ0n) is 11.2. The highest BCUT2D eigenvalue weighted by Gasteiger charge is 2.20. The first-order chi connectivity index (χ1) is 10.1. The highest BCUT2D eigenvalue weighted by Crippen LogP contribution is 2.29. The van der Waals surface area contributed by atoms with Crippen molar-refractivity contribution in [3.63, 3.8) is 0 Å². The summed E-state index contributed by atoms with van der Waals surface area (Å²) in [5.41, 5.74) is 6.37. The predicted octanol–water partition coefficient (Wildman–Crippen LogP) is 2.41. The standard InChI is InChI=1S/C14H15ClN4OS/c15-11-5-10(4-1-8(11)7-17-9-2-3-9)21-14-18-12(16)6-13(20)19-14/h1,4-6,9,17H,2-3,7H2,(H3,16,18,19,20). The van der Waals surface area contributed by atoms with E-state index in [-0.39, 0.29) is 11.4 Å². The van der Waals surface area contributed by atoms with Crippen molar-refractivity contribution in [3.05, 3.63) is 45.2 Å². The molecule has 7 heteroatoms. The number of aromatic amines is 1. The molecular formula is C14H15ClN4OS. The summed E-state index contributed by atoms with van der Waals surface area (Å²) in [6, 6.07) is 7.73. The van der Waals surface area contributed by atoms with Gasteiger partial charge in [0.1, 0.15) is 5.82 Å². The highest BCUT2D eigenvalue weighted by atomic mass is 35.5. The van der Waals surface area contributed by atoms with Gasteiger partial charge in [0.15, 0.2) is 5.16 Å². The van der Waals surface area contributed by atoms with Gasteiger partial charge < -0.3 is 16.0 Å². The molecule has 0 aliphatic heterocycles. The molecular weight excluding hydrogens is 308 g/mol. The lowest BCUT2D eigenvalue weighted by molar-refractivity contribution is 0.687. The van der Waals surface area contributed by atoms with Gasteiger partial charge in [0.05, 0.1) is 0 Å². The van der Waals surface area contributed by atoms with E-state index in [1.807, 2.05) is 18.2 Å². The number of hydrogen-bond donors (Lipinski definition) is 3. The van der Waals surface area contributed by atoms with Crippen molar-refractivity contribution >= 4 is 29.2 Å². The molecule has 0 atom stereocenters. The normalized spacial score (nSPS) is 14.3. The lowest BCUT2D eigenvalue weighted by Crippen LogP contribution is -2.15. The number of nitrogens with two attached hydrogens (primary N) is 1. The molecule has 0 unspecified atom stereocenters. The van der Waals surface area contributed by atoms with Crippen molar-refractivity contribution < 1.29 is 0 Å². The van der Waals surface area contributed by atoms with E-state index < -0.39 is 0 Å². The van der Waals surface area contributed by atoms with Gasteiger partial charge in [-0.3, -0.25) is 4.79 Å². The smallest absolute Gasteiger partial charge is 0.253 e. The third-order valence-electron chi connectivity index (χ3n) is 3.14. The Morgan fingerprint density at radius 2 is 2.24 bits per heavy atom. The van der Waals surface area contributed by atoms with Crippen LogP contribution in [0.2, 0.25) is 5.02 Å². The van der Waals surface area contributed by atoms with Crippen LogP contribution in [0.25, 0.3) is 0 Å². The van der Waals surface area contributed by atoms with Crippen molar-refractivity contribution in [1.82, 2.24) is 15.3 Å². The largest absolute Gasteiger partial charge is 0.383 e. The number of nitrogens with zero attached hydrogens (tertiary/aromatic N) is 1. The minimum Gasteiger partial charge on any atom is -0.383 e. The third-order valence-corrected chi connectivity index (χ3v) is 4.37. The average molecular weight is 323 g/mol. The van der Waals surface area contributed by atoms with Gasteiger partial charge in [-0.2, -0.15) is 0 Å². The van der Waals surface area contributed by atoms with Crippen LogP contribution in [0.5, 0.6) is 0 Å². The van der Waals surface area contributed by atoms with Gasteiger partial charge in [-0.1, -0.05) is 29.4 Å². The Hall–Kier alpha value is -1.50. The van der Waals surface area contributed by atoms with Crippen LogP contribution >= 0.6 is 23.4 Å². The fraction of sp³-hybridized carbons (Fsp3) is 0.286. The molecule has 3 rings (SSSR count). The first-order valence-corrected chi connectivity index (χ1v) is 7.86. The van der Waals surface area contributed by atoms with Crippen LogP contribution < -0.4 is 16.6 Å². The topological polar surface area (TPSA) is 83.8 Å². The minimum atomic E-state index is -0.263. The fourth-order valence-electron chi connectivity index (χ4n) is 1.89. The monoisotopic (exact) mass is 322 g/mol. The maximum atomic E-state index is 11.4. The van der Waals surface area contributed by atoms with E-state index in [1.54, 1.807) is 0 Å². The molecule has 1 fully saturated rings. The van der Waals surface area contributed by atoms with Crippen LogP contribution in [0, 0.1) is 0 Å². The Balaban J connectivity index is 1.73. The first kappa shape index (κ1) is 14.4. The second kappa shape index (κ2) is 6.09. The fourth-order valence-corrected chi connectivity index (χ4v) is 3.04. The maximum Gasteiger partial charge on any atom is 0.253 e. The summed E-state index contributed by atoms with van der Waals surface area (Å²) in [5, 5.41) is 4.60. The number of rotatable bonds is 5. The number of nitrogens with one attached hydrogen (secondary N) is 2. The number of nitrogen functional groups attached to an aromatic ring is 1. The Labute approximate surface area is 131 Å². The van der Waals surface area contributed by atoms with Crippen LogP contribution in [-0.4, -0.2) is 16.0 Å². The summed E-state index contributed by atoms with van der Waals surface area (Å²) in [4.78, 5) is 19.0. The van der Waals surface area contributed by atoms with Crippen LogP contribution in [0.15, 0.2) is 39.1 Å². The third kappa shape index (κ3) is 4.00. The van der Waals surface area contributed by atoms with Crippen molar-refractivity contribution in [3.8, 4) is 0 Å². The van der Waals surface area contributed by atoms with Crippen molar-refractivity contribution in [2.75, 3.05) is 5.73 Å². The van der Waals surface area contributed by atoms with E-state index in [4.69, 9.17) is 17.3 Å². The summed E-state index contributed by atoms with van der Waals surface area (Å²) in [6.07, 6.45) is 2.50. The Morgan fingerprint density at radius 3 is 2.90 bits per heavy atom. The molecule has 1 aromatic heterocycles. The van der Waals surface area contributed by atoms with Crippen LogP contribution in [0.1, 0.15) is 18.4 Å².